The summed E-state index contributed by atoms with van der Waals surface area (Å²) in [6.07, 6.45) is 5.81. The normalized spacial score (nSPS) is 16.1. The van der Waals surface area contributed by atoms with E-state index in [9.17, 15) is 29.4 Å². The third-order valence-corrected chi connectivity index (χ3v) is 8.07. The van der Waals surface area contributed by atoms with E-state index in [0.717, 1.165) is 0 Å². The number of rotatable bonds is 9. The number of phenols is 2. The van der Waals surface area contributed by atoms with Crippen molar-refractivity contribution in [1.29, 1.82) is 0 Å². The summed E-state index contributed by atoms with van der Waals surface area (Å²) in [6, 6.07) is 16.7. The van der Waals surface area contributed by atoms with Gasteiger partial charge in [0, 0.05) is 49.5 Å². The highest BCUT2D eigenvalue weighted by Gasteiger charge is 2.31. The molecule has 1 heterocycles. The van der Waals surface area contributed by atoms with Crippen LogP contribution in [0.25, 0.3) is 6.08 Å². The van der Waals surface area contributed by atoms with E-state index in [0.29, 0.717) is 55.5 Å². The van der Waals surface area contributed by atoms with E-state index in [-0.39, 0.29) is 47.7 Å². The molecule has 0 saturated carbocycles. The van der Waals surface area contributed by atoms with Crippen LogP contribution in [0.2, 0.25) is 0 Å². The van der Waals surface area contributed by atoms with Gasteiger partial charge in [-0.05, 0) is 74.1 Å². The third kappa shape index (κ3) is 10.1. The summed E-state index contributed by atoms with van der Waals surface area (Å²) in [5, 5.41) is 31.2. The van der Waals surface area contributed by atoms with Crippen LogP contribution < -0.4 is 20.7 Å². The van der Waals surface area contributed by atoms with Gasteiger partial charge in [0.15, 0.2) is 0 Å². The minimum Gasteiger partial charge on any atom is -0.507 e. The number of phenolic OH excluding ortho intramolecular Hbond substituents is 2. The van der Waals surface area contributed by atoms with Gasteiger partial charge in [-0.1, -0.05) is 42.5 Å². The Balaban J connectivity index is 1.59. The van der Waals surface area contributed by atoms with Crippen molar-refractivity contribution in [1.82, 2.24) is 10.6 Å². The number of cyclic esters (lactones) is 1. The number of hydrogen-bond donors (Lipinski definition) is 5. The number of ketones is 1. The van der Waals surface area contributed by atoms with Gasteiger partial charge in [0.2, 0.25) is 5.91 Å². The van der Waals surface area contributed by atoms with Crippen LogP contribution in [0.5, 0.6) is 17.2 Å². The second-order valence-electron chi connectivity index (χ2n) is 11.7. The number of hydrogen-bond acceptors (Lipinski definition) is 8. The van der Waals surface area contributed by atoms with Crippen LogP contribution >= 0.6 is 0 Å². The van der Waals surface area contributed by atoms with Crippen molar-refractivity contribution in [2.45, 2.75) is 63.9 Å². The maximum absolute atomic E-state index is 13.5. The van der Waals surface area contributed by atoms with Gasteiger partial charge in [0.05, 0.1) is 13.2 Å². The highest BCUT2D eigenvalue weighted by molar-refractivity contribution is 5.98. The lowest BCUT2D eigenvalue weighted by Crippen LogP contribution is -2.37. The summed E-state index contributed by atoms with van der Waals surface area (Å²) >= 11 is 0. The SMILES string of the molecule is COc1ccc(C(CC(=O)NCCNC(=O)Nc2ccccc2)c2c(O)cc3c(c2O)C(=O)OC(C)CCCC(=O)CCCC=C3)cc1. The average Bonchev–Trinajstić information content (AvgIpc) is 3.06. The van der Waals surface area contributed by atoms with E-state index in [2.05, 4.69) is 16.0 Å². The summed E-state index contributed by atoms with van der Waals surface area (Å²) in [4.78, 5) is 51.2. The van der Waals surface area contributed by atoms with Crippen LogP contribution in [0.1, 0.15) is 84.8 Å². The van der Waals surface area contributed by atoms with Gasteiger partial charge in [0.1, 0.15) is 28.6 Å². The Morgan fingerprint density at radius 2 is 1.69 bits per heavy atom. The van der Waals surface area contributed by atoms with Crippen LogP contribution in [0, 0.1) is 0 Å². The molecule has 3 amide bonds. The zero-order chi connectivity index (χ0) is 34.5. The number of Topliss-reactive ketones (excluding diaryl/α,β-unsaturated/α-hetero) is 1. The summed E-state index contributed by atoms with van der Waals surface area (Å²) in [5.41, 5.74) is 1.35. The van der Waals surface area contributed by atoms with Crippen LogP contribution in [0.15, 0.2) is 66.7 Å². The molecule has 0 aliphatic carbocycles. The molecule has 0 radical (unpaired) electrons. The van der Waals surface area contributed by atoms with Crippen molar-refractivity contribution in [3.63, 3.8) is 0 Å². The van der Waals surface area contributed by atoms with Gasteiger partial charge < -0.3 is 35.6 Å². The van der Waals surface area contributed by atoms with E-state index in [1.807, 2.05) is 6.07 Å². The van der Waals surface area contributed by atoms with E-state index < -0.39 is 35.7 Å². The lowest BCUT2D eigenvalue weighted by molar-refractivity contribution is -0.121. The molecular weight excluding hydrogens is 614 g/mol. The molecule has 3 aromatic carbocycles. The Kier molecular flexibility index (Phi) is 13.0. The first-order valence-corrected chi connectivity index (χ1v) is 16.1. The van der Waals surface area contributed by atoms with E-state index >= 15 is 0 Å². The number of methoxy groups -OCH3 is 1. The molecule has 48 heavy (non-hydrogen) atoms. The maximum Gasteiger partial charge on any atom is 0.342 e. The number of amides is 3. The van der Waals surface area contributed by atoms with Crippen molar-refractivity contribution < 1.29 is 38.9 Å². The number of para-hydroxylation sites is 1. The second kappa shape index (κ2) is 17.6. The number of benzene rings is 3. The molecule has 11 nitrogen and oxygen atoms in total. The fourth-order valence-electron chi connectivity index (χ4n) is 5.57. The second-order valence-corrected chi connectivity index (χ2v) is 11.7. The van der Waals surface area contributed by atoms with Crippen LogP contribution in [0.3, 0.4) is 0 Å². The molecule has 0 spiro atoms. The molecule has 0 saturated heterocycles. The zero-order valence-corrected chi connectivity index (χ0v) is 27.3. The van der Waals surface area contributed by atoms with Gasteiger partial charge in [-0.15, -0.1) is 0 Å². The molecule has 4 rings (SSSR count). The smallest absolute Gasteiger partial charge is 0.342 e. The Morgan fingerprint density at radius 3 is 2.42 bits per heavy atom. The molecule has 254 valence electrons. The number of ether oxygens (including phenoxy) is 2. The molecule has 2 unspecified atom stereocenters. The molecule has 2 atom stereocenters. The van der Waals surface area contributed by atoms with Gasteiger partial charge in [0.25, 0.3) is 0 Å². The minimum absolute atomic E-state index is 0.000790. The Hall–Kier alpha value is -5.32. The van der Waals surface area contributed by atoms with E-state index in [1.54, 1.807) is 67.6 Å². The fraction of sp³-hybridized carbons (Fsp3) is 0.351. The standard InChI is InChI=1S/C37H43N3O8/c1-24-10-9-15-28(41)14-8-3-5-11-26-22-31(42)34(35(44)33(26)36(45)48-24)30(25-16-18-29(47-2)19-17-25)23-32(43)38-20-21-39-37(46)40-27-12-6-4-7-13-27/h4-7,11-13,16-19,22,24,30,42,44H,3,8-10,14-15,20-21,23H2,1-2H3,(H,38,43)(H2,39,40,46). The molecule has 3 aromatic rings. The Bertz CT molecular complexity index is 1610. The first kappa shape index (κ1) is 35.5. The average molecular weight is 658 g/mol. The number of nitrogens with one attached hydrogen (secondary N) is 3. The Morgan fingerprint density at radius 1 is 0.979 bits per heavy atom. The van der Waals surface area contributed by atoms with E-state index in [4.69, 9.17) is 9.47 Å². The van der Waals surface area contributed by atoms with E-state index in [1.165, 1.54) is 13.2 Å². The Labute approximate surface area is 280 Å². The molecule has 1 aliphatic rings. The quantitative estimate of drug-likeness (QED) is 0.137. The summed E-state index contributed by atoms with van der Waals surface area (Å²) in [6.45, 7) is 2.00. The lowest BCUT2D eigenvalue weighted by atomic mass is 9.84. The number of fused-ring (bicyclic) bond motifs is 1. The van der Waals surface area contributed by atoms with Crippen LogP contribution in [-0.2, 0) is 14.3 Å². The third-order valence-electron chi connectivity index (χ3n) is 8.07. The van der Waals surface area contributed by atoms with Crippen molar-refractivity contribution >= 4 is 35.5 Å². The van der Waals surface area contributed by atoms with Crippen molar-refractivity contribution in [3.8, 4) is 17.2 Å². The summed E-state index contributed by atoms with van der Waals surface area (Å²) < 4.78 is 11.0. The first-order chi connectivity index (χ1) is 23.2. The highest BCUT2D eigenvalue weighted by Crippen LogP contribution is 2.44. The van der Waals surface area contributed by atoms with Crippen LogP contribution in [0.4, 0.5) is 10.5 Å². The maximum atomic E-state index is 13.5. The summed E-state index contributed by atoms with van der Waals surface area (Å²) in [5.74, 6) is -2.11. The lowest BCUT2D eigenvalue weighted by Gasteiger charge is -2.23. The van der Waals surface area contributed by atoms with Gasteiger partial charge in [-0.2, -0.15) is 0 Å². The highest BCUT2D eigenvalue weighted by atomic mass is 16.5. The number of carbonyl (C=O) groups is 4. The molecule has 0 bridgehead atoms. The predicted molar refractivity (Wildman–Crippen MR) is 182 cm³/mol. The topological polar surface area (TPSA) is 163 Å². The number of urea groups is 1. The monoisotopic (exact) mass is 657 g/mol. The predicted octanol–water partition coefficient (Wildman–Crippen LogP) is 6.05. The minimum atomic E-state index is -0.871. The van der Waals surface area contributed by atoms with Crippen LogP contribution in [-0.4, -0.2) is 60.2 Å². The molecular formula is C37H43N3O8. The number of allylic oxidation sites excluding steroid dienone is 1. The van der Waals surface area contributed by atoms with Gasteiger partial charge in [-0.25, -0.2) is 9.59 Å². The van der Waals surface area contributed by atoms with Crippen molar-refractivity contribution in [2.75, 3.05) is 25.5 Å². The number of anilines is 1. The fourth-order valence-corrected chi connectivity index (χ4v) is 5.57. The molecule has 0 aromatic heterocycles. The molecule has 1 aliphatic heterocycles. The zero-order valence-electron chi connectivity index (χ0n) is 27.3. The first-order valence-electron chi connectivity index (χ1n) is 16.1. The van der Waals surface area contributed by atoms with Crippen molar-refractivity contribution in [2.24, 2.45) is 0 Å². The summed E-state index contributed by atoms with van der Waals surface area (Å²) in [7, 11) is 1.53. The number of esters is 1. The van der Waals surface area contributed by atoms with Crippen molar-refractivity contribution in [3.05, 3.63) is 89.0 Å². The van der Waals surface area contributed by atoms with Gasteiger partial charge >= 0.3 is 12.0 Å². The largest absolute Gasteiger partial charge is 0.507 e. The molecule has 0 fully saturated rings. The number of aromatic hydroxyl groups is 2. The molecule has 5 N–H and O–H groups in total. The van der Waals surface area contributed by atoms with Gasteiger partial charge in [-0.3, -0.25) is 9.59 Å². The number of carbonyl (C=O) groups excluding carboxylic acids is 4. The molecule has 11 heteroatoms.